The van der Waals surface area contributed by atoms with Crippen LogP contribution < -0.4 is 5.32 Å². The van der Waals surface area contributed by atoms with Crippen molar-refractivity contribution in [1.82, 2.24) is 10.3 Å². The molecule has 2 nitrogen and oxygen atoms in total. The monoisotopic (exact) mass is 292 g/mol. The zero-order valence-electron chi connectivity index (χ0n) is 11.4. The Balaban J connectivity index is 2.06. The zero-order valence-corrected chi connectivity index (χ0v) is 12.2. The summed E-state index contributed by atoms with van der Waals surface area (Å²) in [5.74, 6) is -0.371. The van der Waals surface area contributed by atoms with Gasteiger partial charge in [0.15, 0.2) is 0 Å². The van der Waals surface area contributed by atoms with E-state index in [1.54, 1.807) is 24.5 Å². The van der Waals surface area contributed by atoms with Crippen LogP contribution in [0.3, 0.4) is 0 Å². The number of aromatic nitrogens is 1. The average Bonchev–Trinajstić information content (AvgIpc) is 2.44. The van der Waals surface area contributed by atoms with Crippen LogP contribution in [0, 0.1) is 5.82 Å². The lowest BCUT2D eigenvalue weighted by molar-refractivity contribution is 0.520. The van der Waals surface area contributed by atoms with Crippen LogP contribution in [0.2, 0.25) is 5.02 Å². The zero-order chi connectivity index (χ0) is 14.4. The van der Waals surface area contributed by atoms with Gasteiger partial charge in [0.25, 0.3) is 0 Å². The highest BCUT2D eigenvalue weighted by Gasteiger charge is 2.11. The molecule has 0 saturated heterocycles. The number of nitrogens with zero attached hydrogens (tertiary/aromatic N) is 1. The molecule has 0 aliphatic carbocycles. The van der Waals surface area contributed by atoms with Crippen molar-refractivity contribution in [1.29, 1.82) is 0 Å². The molecule has 1 N–H and O–H groups in total. The van der Waals surface area contributed by atoms with Crippen molar-refractivity contribution in [2.45, 2.75) is 25.8 Å². The predicted octanol–water partition coefficient (Wildman–Crippen LogP) is 3.64. The van der Waals surface area contributed by atoms with Crippen LogP contribution in [-0.4, -0.2) is 17.6 Å². The van der Waals surface area contributed by atoms with E-state index < -0.39 is 0 Å². The summed E-state index contributed by atoms with van der Waals surface area (Å²) in [4.78, 5) is 4.02. The first kappa shape index (κ1) is 14.9. The second-order valence-electron chi connectivity index (χ2n) is 4.77. The van der Waals surface area contributed by atoms with Crippen molar-refractivity contribution >= 4 is 11.6 Å². The molecular weight excluding hydrogens is 275 g/mol. The predicted molar refractivity (Wildman–Crippen MR) is 80.5 cm³/mol. The van der Waals surface area contributed by atoms with Gasteiger partial charge < -0.3 is 5.32 Å². The number of rotatable bonds is 6. The van der Waals surface area contributed by atoms with Crippen molar-refractivity contribution in [3.63, 3.8) is 0 Å². The first-order chi connectivity index (χ1) is 9.69. The van der Waals surface area contributed by atoms with E-state index in [9.17, 15) is 4.39 Å². The molecule has 20 heavy (non-hydrogen) atoms. The van der Waals surface area contributed by atoms with Crippen LogP contribution in [0.4, 0.5) is 4.39 Å². The Bertz CT molecular complexity index is 545. The average molecular weight is 293 g/mol. The molecule has 0 fully saturated rings. The van der Waals surface area contributed by atoms with E-state index in [-0.39, 0.29) is 10.8 Å². The van der Waals surface area contributed by atoms with Gasteiger partial charge in [-0.2, -0.15) is 0 Å². The van der Waals surface area contributed by atoms with Gasteiger partial charge in [0, 0.05) is 18.4 Å². The Kier molecular flexibility index (Phi) is 5.50. The van der Waals surface area contributed by atoms with E-state index in [4.69, 9.17) is 11.6 Å². The van der Waals surface area contributed by atoms with Crippen molar-refractivity contribution in [2.75, 3.05) is 6.54 Å². The molecule has 1 atom stereocenters. The second-order valence-corrected chi connectivity index (χ2v) is 5.17. The molecule has 1 heterocycles. The third kappa shape index (κ3) is 4.29. The molecule has 0 saturated carbocycles. The van der Waals surface area contributed by atoms with Crippen molar-refractivity contribution in [2.24, 2.45) is 0 Å². The summed E-state index contributed by atoms with van der Waals surface area (Å²) in [5.41, 5.74) is 2.27. The van der Waals surface area contributed by atoms with Crippen LogP contribution in [0.25, 0.3) is 0 Å². The molecule has 0 aliphatic rings. The molecule has 0 amide bonds. The number of pyridine rings is 1. The molecule has 0 radical (unpaired) electrons. The molecule has 2 aromatic rings. The summed E-state index contributed by atoms with van der Waals surface area (Å²) in [6, 6.07) is 9.24. The highest BCUT2D eigenvalue weighted by atomic mass is 35.5. The number of benzene rings is 1. The molecule has 1 unspecified atom stereocenters. The van der Waals surface area contributed by atoms with Gasteiger partial charge in [-0.15, -0.1) is 0 Å². The van der Waals surface area contributed by atoms with E-state index in [0.717, 1.165) is 24.9 Å². The second kappa shape index (κ2) is 7.36. The van der Waals surface area contributed by atoms with Crippen LogP contribution in [0.15, 0.2) is 42.7 Å². The van der Waals surface area contributed by atoms with E-state index in [2.05, 4.69) is 17.2 Å². The Morgan fingerprint density at radius 1 is 1.15 bits per heavy atom. The summed E-state index contributed by atoms with van der Waals surface area (Å²) < 4.78 is 13.2. The highest BCUT2D eigenvalue weighted by molar-refractivity contribution is 6.30. The normalized spacial score (nSPS) is 12.3. The van der Waals surface area contributed by atoms with Gasteiger partial charge in [0.2, 0.25) is 0 Å². The van der Waals surface area contributed by atoms with E-state index in [0.29, 0.717) is 6.04 Å². The lowest BCUT2D eigenvalue weighted by Gasteiger charge is -2.18. The third-order valence-corrected chi connectivity index (χ3v) is 3.48. The van der Waals surface area contributed by atoms with Crippen molar-refractivity contribution < 1.29 is 4.39 Å². The van der Waals surface area contributed by atoms with Gasteiger partial charge in [-0.3, -0.25) is 4.98 Å². The SMILES string of the molecule is CCNC(Cc1ccncc1)Cc1ccc(F)c(Cl)c1. The van der Waals surface area contributed by atoms with Crippen molar-refractivity contribution in [3.05, 3.63) is 64.7 Å². The summed E-state index contributed by atoms with van der Waals surface area (Å²) in [7, 11) is 0. The highest BCUT2D eigenvalue weighted by Crippen LogP contribution is 2.18. The van der Waals surface area contributed by atoms with Gasteiger partial charge in [-0.1, -0.05) is 24.6 Å². The minimum absolute atomic E-state index is 0.182. The lowest BCUT2D eigenvalue weighted by Crippen LogP contribution is -2.33. The van der Waals surface area contributed by atoms with Gasteiger partial charge in [-0.05, 0) is 54.8 Å². The van der Waals surface area contributed by atoms with E-state index >= 15 is 0 Å². The molecule has 4 heteroatoms. The standard InChI is InChI=1S/C16H18ClFN2/c1-2-20-14(9-12-5-7-19-8-6-12)10-13-3-4-16(18)15(17)11-13/h3-8,11,14,20H,2,9-10H2,1H3. The summed E-state index contributed by atoms with van der Waals surface area (Å²) in [6.45, 7) is 2.97. The molecule has 0 bridgehead atoms. The van der Waals surface area contributed by atoms with Crippen LogP contribution in [0.5, 0.6) is 0 Å². The quantitative estimate of drug-likeness (QED) is 0.879. The van der Waals surface area contributed by atoms with Crippen LogP contribution in [0.1, 0.15) is 18.1 Å². The van der Waals surface area contributed by atoms with Gasteiger partial charge in [-0.25, -0.2) is 4.39 Å². The maximum Gasteiger partial charge on any atom is 0.141 e. The largest absolute Gasteiger partial charge is 0.314 e. The maximum absolute atomic E-state index is 13.2. The number of nitrogens with one attached hydrogen (secondary N) is 1. The Morgan fingerprint density at radius 2 is 1.85 bits per heavy atom. The minimum atomic E-state index is -0.371. The molecule has 0 aliphatic heterocycles. The summed E-state index contributed by atoms with van der Waals surface area (Å²) in [5, 5.41) is 3.64. The van der Waals surface area contributed by atoms with Gasteiger partial charge in [0.05, 0.1) is 5.02 Å². The van der Waals surface area contributed by atoms with Crippen molar-refractivity contribution in [3.8, 4) is 0 Å². The number of halogens is 2. The van der Waals surface area contributed by atoms with E-state index in [1.165, 1.54) is 11.6 Å². The molecule has 2 rings (SSSR count). The fraction of sp³-hybridized carbons (Fsp3) is 0.312. The minimum Gasteiger partial charge on any atom is -0.314 e. The smallest absolute Gasteiger partial charge is 0.141 e. The topological polar surface area (TPSA) is 24.9 Å². The maximum atomic E-state index is 13.2. The Morgan fingerprint density at radius 3 is 2.50 bits per heavy atom. The number of hydrogen-bond acceptors (Lipinski definition) is 2. The van der Waals surface area contributed by atoms with Gasteiger partial charge >= 0.3 is 0 Å². The fourth-order valence-corrected chi connectivity index (χ4v) is 2.46. The van der Waals surface area contributed by atoms with E-state index in [1.807, 2.05) is 12.1 Å². The third-order valence-electron chi connectivity index (χ3n) is 3.19. The first-order valence-electron chi connectivity index (χ1n) is 6.75. The number of hydrogen-bond donors (Lipinski definition) is 1. The molecule has 0 spiro atoms. The Labute approximate surface area is 124 Å². The number of likely N-dealkylation sites (N-methyl/N-ethyl adjacent to an activating group) is 1. The molecule has 1 aromatic heterocycles. The Hall–Kier alpha value is -1.45. The molecular formula is C16H18ClFN2. The van der Waals surface area contributed by atoms with Crippen LogP contribution >= 0.6 is 11.6 Å². The first-order valence-corrected chi connectivity index (χ1v) is 7.13. The fourth-order valence-electron chi connectivity index (χ4n) is 2.26. The summed E-state index contributed by atoms with van der Waals surface area (Å²) in [6.07, 6.45) is 5.32. The summed E-state index contributed by atoms with van der Waals surface area (Å²) >= 11 is 5.83. The lowest BCUT2D eigenvalue weighted by atomic mass is 9.99. The van der Waals surface area contributed by atoms with Gasteiger partial charge in [0.1, 0.15) is 5.82 Å². The molecule has 106 valence electrons. The molecule has 1 aromatic carbocycles. The van der Waals surface area contributed by atoms with Crippen LogP contribution in [-0.2, 0) is 12.8 Å².